The lowest BCUT2D eigenvalue weighted by atomic mass is 9.96. The Bertz CT molecular complexity index is 405. The molecule has 106 valence electrons. The van der Waals surface area contributed by atoms with E-state index in [1.165, 1.54) is 0 Å². The van der Waals surface area contributed by atoms with Crippen molar-refractivity contribution in [3.8, 4) is 5.75 Å². The maximum atomic E-state index is 6.31. The van der Waals surface area contributed by atoms with Crippen LogP contribution in [0.5, 0.6) is 5.75 Å². The van der Waals surface area contributed by atoms with Gasteiger partial charge in [0, 0.05) is 19.1 Å². The van der Waals surface area contributed by atoms with Gasteiger partial charge in [0.15, 0.2) is 0 Å². The van der Waals surface area contributed by atoms with E-state index in [1.54, 1.807) is 7.11 Å². The Balaban J connectivity index is 2.08. The molecule has 1 aromatic carbocycles. The molecule has 0 amide bonds. The molecule has 1 aliphatic heterocycles. The molecular formula is C15H24N2O2. The zero-order chi connectivity index (χ0) is 13.8. The largest absolute Gasteiger partial charge is 0.496 e. The SMILES string of the molecule is COc1c(C)cc(C(N)CC2CNCCO2)cc1C. The molecular weight excluding hydrogens is 240 g/mol. The van der Waals surface area contributed by atoms with Crippen molar-refractivity contribution in [2.45, 2.75) is 32.4 Å². The van der Waals surface area contributed by atoms with Gasteiger partial charge in [0.1, 0.15) is 5.75 Å². The van der Waals surface area contributed by atoms with Crippen LogP contribution >= 0.6 is 0 Å². The van der Waals surface area contributed by atoms with Crippen LogP contribution in [0.2, 0.25) is 0 Å². The number of benzene rings is 1. The van der Waals surface area contributed by atoms with Crippen LogP contribution < -0.4 is 15.8 Å². The number of nitrogens with two attached hydrogens (primary N) is 1. The van der Waals surface area contributed by atoms with Gasteiger partial charge in [-0.2, -0.15) is 0 Å². The molecule has 0 spiro atoms. The Hall–Kier alpha value is -1.10. The fraction of sp³-hybridized carbons (Fsp3) is 0.600. The van der Waals surface area contributed by atoms with E-state index >= 15 is 0 Å². The molecule has 0 radical (unpaired) electrons. The third-order valence-corrected chi connectivity index (χ3v) is 3.64. The van der Waals surface area contributed by atoms with Crippen molar-refractivity contribution in [2.24, 2.45) is 5.73 Å². The van der Waals surface area contributed by atoms with Crippen molar-refractivity contribution < 1.29 is 9.47 Å². The van der Waals surface area contributed by atoms with Crippen LogP contribution in [0.3, 0.4) is 0 Å². The predicted molar refractivity (Wildman–Crippen MR) is 76.6 cm³/mol. The van der Waals surface area contributed by atoms with Gasteiger partial charge in [-0.05, 0) is 37.0 Å². The zero-order valence-electron chi connectivity index (χ0n) is 12.0. The molecule has 4 heteroatoms. The number of hydrogen-bond acceptors (Lipinski definition) is 4. The lowest BCUT2D eigenvalue weighted by Crippen LogP contribution is -2.40. The molecule has 1 fully saturated rings. The molecule has 1 saturated heterocycles. The summed E-state index contributed by atoms with van der Waals surface area (Å²) in [5.74, 6) is 0.950. The topological polar surface area (TPSA) is 56.5 Å². The first-order chi connectivity index (χ1) is 9.11. The highest BCUT2D eigenvalue weighted by atomic mass is 16.5. The van der Waals surface area contributed by atoms with Crippen molar-refractivity contribution in [2.75, 3.05) is 26.8 Å². The summed E-state index contributed by atoms with van der Waals surface area (Å²) in [6.07, 6.45) is 1.06. The first kappa shape index (κ1) is 14.3. The highest BCUT2D eigenvalue weighted by Crippen LogP contribution is 2.28. The molecule has 4 nitrogen and oxygen atoms in total. The first-order valence-corrected chi connectivity index (χ1v) is 6.85. The van der Waals surface area contributed by atoms with E-state index < -0.39 is 0 Å². The van der Waals surface area contributed by atoms with Gasteiger partial charge in [-0.25, -0.2) is 0 Å². The van der Waals surface area contributed by atoms with Gasteiger partial charge in [-0.1, -0.05) is 12.1 Å². The van der Waals surface area contributed by atoms with Crippen molar-refractivity contribution in [1.29, 1.82) is 0 Å². The van der Waals surface area contributed by atoms with Gasteiger partial charge in [-0.3, -0.25) is 0 Å². The van der Waals surface area contributed by atoms with Crippen LogP contribution in [0.4, 0.5) is 0 Å². The summed E-state index contributed by atoms with van der Waals surface area (Å²) in [5, 5.41) is 3.33. The number of methoxy groups -OCH3 is 1. The van der Waals surface area contributed by atoms with E-state index in [-0.39, 0.29) is 12.1 Å². The van der Waals surface area contributed by atoms with Gasteiger partial charge >= 0.3 is 0 Å². The van der Waals surface area contributed by atoms with Crippen molar-refractivity contribution >= 4 is 0 Å². The van der Waals surface area contributed by atoms with Crippen LogP contribution in [-0.2, 0) is 4.74 Å². The standard InChI is InChI=1S/C15H24N2O2/c1-10-6-12(7-11(2)15(10)18-3)14(16)8-13-9-17-4-5-19-13/h6-7,13-14,17H,4-5,8-9,16H2,1-3H3. The van der Waals surface area contributed by atoms with E-state index in [0.717, 1.165) is 48.6 Å². The predicted octanol–water partition coefficient (Wildman–Crippen LogP) is 1.69. The average Bonchev–Trinajstić information content (AvgIpc) is 2.39. The Morgan fingerprint density at radius 1 is 1.42 bits per heavy atom. The number of aryl methyl sites for hydroxylation is 2. The van der Waals surface area contributed by atoms with E-state index in [4.69, 9.17) is 15.2 Å². The molecule has 2 rings (SSSR count). The second-order valence-corrected chi connectivity index (χ2v) is 5.23. The second kappa shape index (κ2) is 6.37. The molecule has 0 bridgehead atoms. The third-order valence-electron chi connectivity index (χ3n) is 3.64. The van der Waals surface area contributed by atoms with E-state index in [1.807, 2.05) is 0 Å². The Labute approximate surface area is 115 Å². The monoisotopic (exact) mass is 264 g/mol. The van der Waals surface area contributed by atoms with Gasteiger partial charge < -0.3 is 20.5 Å². The highest BCUT2D eigenvalue weighted by molar-refractivity contribution is 5.44. The summed E-state index contributed by atoms with van der Waals surface area (Å²) in [6.45, 7) is 6.72. The lowest BCUT2D eigenvalue weighted by Gasteiger charge is -2.26. The van der Waals surface area contributed by atoms with Crippen molar-refractivity contribution in [3.63, 3.8) is 0 Å². The molecule has 0 saturated carbocycles. The molecule has 0 aliphatic carbocycles. The molecule has 19 heavy (non-hydrogen) atoms. The van der Waals surface area contributed by atoms with E-state index in [9.17, 15) is 0 Å². The summed E-state index contributed by atoms with van der Waals surface area (Å²) in [7, 11) is 1.70. The molecule has 2 unspecified atom stereocenters. The molecule has 1 aromatic rings. The number of morpholine rings is 1. The summed E-state index contributed by atoms with van der Waals surface area (Å²) in [5.41, 5.74) is 9.73. The van der Waals surface area contributed by atoms with Gasteiger partial charge in [0.2, 0.25) is 0 Å². The van der Waals surface area contributed by atoms with Crippen LogP contribution in [0.1, 0.15) is 29.2 Å². The van der Waals surface area contributed by atoms with Gasteiger partial charge in [0.25, 0.3) is 0 Å². The van der Waals surface area contributed by atoms with Crippen LogP contribution in [0.15, 0.2) is 12.1 Å². The Morgan fingerprint density at radius 2 is 2.11 bits per heavy atom. The van der Waals surface area contributed by atoms with Gasteiger partial charge in [0.05, 0.1) is 19.8 Å². The maximum Gasteiger partial charge on any atom is 0.124 e. The number of rotatable bonds is 4. The number of nitrogens with one attached hydrogen (secondary N) is 1. The number of ether oxygens (including phenoxy) is 2. The fourth-order valence-corrected chi connectivity index (χ4v) is 2.71. The summed E-state index contributed by atoms with van der Waals surface area (Å²) in [6, 6.07) is 4.24. The fourth-order valence-electron chi connectivity index (χ4n) is 2.71. The van der Waals surface area contributed by atoms with Crippen LogP contribution in [0.25, 0.3) is 0 Å². The van der Waals surface area contributed by atoms with Crippen molar-refractivity contribution in [1.82, 2.24) is 5.32 Å². The zero-order valence-corrected chi connectivity index (χ0v) is 12.0. The minimum Gasteiger partial charge on any atom is -0.496 e. The molecule has 3 N–H and O–H groups in total. The number of hydrogen-bond donors (Lipinski definition) is 2. The normalized spacial score (nSPS) is 21.2. The first-order valence-electron chi connectivity index (χ1n) is 6.85. The van der Waals surface area contributed by atoms with Crippen molar-refractivity contribution in [3.05, 3.63) is 28.8 Å². The molecule has 2 atom stereocenters. The van der Waals surface area contributed by atoms with Gasteiger partial charge in [-0.15, -0.1) is 0 Å². The second-order valence-electron chi connectivity index (χ2n) is 5.23. The minimum absolute atomic E-state index is 0.00760. The van der Waals surface area contributed by atoms with E-state index in [2.05, 4.69) is 31.3 Å². The summed E-state index contributed by atoms with van der Waals surface area (Å²) >= 11 is 0. The summed E-state index contributed by atoms with van der Waals surface area (Å²) < 4.78 is 11.1. The average molecular weight is 264 g/mol. The smallest absolute Gasteiger partial charge is 0.124 e. The maximum absolute atomic E-state index is 6.31. The Kier molecular flexibility index (Phi) is 4.80. The lowest BCUT2D eigenvalue weighted by molar-refractivity contribution is 0.0195. The molecule has 0 aromatic heterocycles. The Morgan fingerprint density at radius 3 is 2.63 bits per heavy atom. The quantitative estimate of drug-likeness (QED) is 0.869. The van der Waals surface area contributed by atoms with Crippen LogP contribution in [-0.4, -0.2) is 32.9 Å². The van der Waals surface area contributed by atoms with Crippen LogP contribution in [0, 0.1) is 13.8 Å². The highest BCUT2D eigenvalue weighted by Gasteiger charge is 2.19. The summed E-state index contributed by atoms with van der Waals surface area (Å²) in [4.78, 5) is 0. The minimum atomic E-state index is 0.00760. The third kappa shape index (κ3) is 3.47. The molecule has 1 heterocycles. The molecule has 1 aliphatic rings. The van der Waals surface area contributed by atoms with E-state index in [0.29, 0.717) is 0 Å².